The maximum atomic E-state index is 14.4. The zero-order valence-electron chi connectivity index (χ0n) is 21.3. The first-order chi connectivity index (χ1) is 16.5. The zero-order valence-corrected chi connectivity index (χ0v) is 21.3. The summed E-state index contributed by atoms with van der Waals surface area (Å²) >= 11 is 0. The molecule has 198 valence electrons. The average Bonchev–Trinajstić information content (AvgIpc) is 3.37. The van der Waals surface area contributed by atoms with Gasteiger partial charge in [0.05, 0.1) is 24.7 Å². The van der Waals surface area contributed by atoms with Crippen LogP contribution in [0.4, 0.5) is 13.2 Å². The van der Waals surface area contributed by atoms with E-state index in [1.807, 2.05) is 6.92 Å². The van der Waals surface area contributed by atoms with Gasteiger partial charge in [-0.2, -0.15) is 18.0 Å². The highest BCUT2D eigenvalue weighted by Crippen LogP contribution is 2.66. The molecule has 1 aromatic rings. The smallest absolute Gasteiger partial charge is 0.387 e. The number of aryl methyl sites for hydroxylation is 1. The van der Waals surface area contributed by atoms with Crippen LogP contribution in [-0.4, -0.2) is 50.3 Å². The number of nitrogens with zero attached hydrogens (tertiary/aromatic N) is 4. The van der Waals surface area contributed by atoms with Gasteiger partial charge >= 0.3 is 6.18 Å². The number of halogens is 3. The van der Waals surface area contributed by atoms with Crippen molar-refractivity contribution in [2.75, 3.05) is 13.2 Å². The van der Waals surface area contributed by atoms with Crippen molar-refractivity contribution in [1.29, 1.82) is 0 Å². The van der Waals surface area contributed by atoms with Gasteiger partial charge in [-0.3, -0.25) is 0 Å². The van der Waals surface area contributed by atoms with Crippen molar-refractivity contribution in [1.82, 2.24) is 20.2 Å². The zero-order chi connectivity index (χ0) is 25.0. The lowest BCUT2D eigenvalue weighted by Crippen LogP contribution is -2.53. The molecule has 35 heavy (non-hydrogen) atoms. The molecule has 4 saturated carbocycles. The van der Waals surface area contributed by atoms with E-state index in [4.69, 9.17) is 4.74 Å². The number of aromatic nitrogens is 4. The second-order valence-electron chi connectivity index (χ2n) is 12.3. The minimum Gasteiger partial charge on any atom is -0.387 e. The number of hydrogen-bond acceptors (Lipinski definition) is 5. The predicted octanol–water partition coefficient (Wildman–Crippen LogP) is 5.20. The molecule has 0 unspecified atom stereocenters. The Kier molecular flexibility index (Phi) is 6.73. The second kappa shape index (κ2) is 9.26. The fourth-order valence-corrected chi connectivity index (χ4v) is 9.12. The highest BCUT2D eigenvalue weighted by molar-refractivity contribution is 5.08. The van der Waals surface area contributed by atoms with Crippen molar-refractivity contribution in [3.05, 3.63) is 5.82 Å². The van der Waals surface area contributed by atoms with Crippen LogP contribution < -0.4 is 0 Å². The maximum absolute atomic E-state index is 14.4. The van der Waals surface area contributed by atoms with Crippen LogP contribution >= 0.6 is 0 Å². The first-order valence-corrected chi connectivity index (χ1v) is 13.7. The summed E-state index contributed by atoms with van der Waals surface area (Å²) in [5.41, 5.74) is -1.01. The van der Waals surface area contributed by atoms with Crippen molar-refractivity contribution < 1.29 is 23.0 Å². The molecule has 6 nitrogen and oxygen atoms in total. The Morgan fingerprint density at radius 2 is 1.86 bits per heavy atom. The third-order valence-corrected chi connectivity index (χ3v) is 10.6. The van der Waals surface area contributed by atoms with E-state index in [1.165, 1.54) is 0 Å². The second-order valence-corrected chi connectivity index (χ2v) is 12.3. The SMILES string of the molecule is CCOC[C@@]1(O)CC[C@H]2[C@H](CC[C@@H]3[C@@H]2CC[C@]2(C)[C@@H]([C@H](Cn4nnc(C)n4)C(F)(F)F)CC[C@@H]32)C1. The van der Waals surface area contributed by atoms with E-state index in [9.17, 15) is 18.3 Å². The Balaban J connectivity index is 1.32. The summed E-state index contributed by atoms with van der Waals surface area (Å²) < 4.78 is 48.7. The number of hydrogen-bond donors (Lipinski definition) is 1. The first kappa shape index (κ1) is 25.4. The molecular formula is C26H41F3N4O2. The fraction of sp³-hybridized carbons (Fsp3) is 0.962. The van der Waals surface area contributed by atoms with Crippen LogP contribution in [0.5, 0.6) is 0 Å². The number of aliphatic hydroxyl groups is 1. The molecule has 1 aromatic heterocycles. The van der Waals surface area contributed by atoms with E-state index in [2.05, 4.69) is 22.3 Å². The molecule has 0 amide bonds. The van der Waals surface area contributed by atoms with Crippen LogP contribution in [0.2, 0.25) is 0 Å². The summed E-state index contributed by atoms with van der Waals surface area (Å²) in [6, 6.07) is 0. The van der Waals surface area contributed by atoms with Crippen molar-refractivity contribution in [2.24, 2.45) is 46.8 Å². The summed E-state index contributed by atoms with van der Waals surface area (Å²) in [6.07, 6.45) is 3.91. The Labute approximate surface area is 206 Å². The molecule has 0 radical (unpaired) electrons. The summed E-state index contributed by atoms with van der Waals surface area (Å²) in [5.74, 6) is 1.12. The van der Waals surface area contributed by atoms with E-state index in [0.29, 0.717) is 55.0 Å². The van der Waals surface area contributed by atoms with Gasteiger partial charge in [-0.05, 0) is 118 Å². The molecule has 0 bridgehead atoms. The van der Waals surface area contributed by atoms with E-state index in [-0.39, 0.29) is 12.0 Å². The van der Waals surface area contributed by atoms with Crippen LogP contribution in [0, 0.1) is 53.8 Å². The number of tetrazole rings is 1. The minimum absolute atomic E-state index is 0.242. The van der Waals surface area contributed by atoms with Crippen molar-refractivity contribution in [2.45, 2.75) is 96.9 Å². The highest BCUT2D eigenvalue weighted by atomic mass is 19.4. The van der Waals surface area contributed by atoms with Crippen LogP contribution in [0.15, 0.2) is 0 Å². The molecule has 0 aromatic carbocycles. The van der Waals surface area contributed by atoms with Gasteiger partial charge in [0.25, 0.3) is 0 Å². The standard InChI is InChI=1S/C26H41F3N4O2/c1-4-35-15-25(34)12-10-18-17(13-25)5-6-20-19(18)9-11-24(3)21(20)7-8-22(24)23(26(27,28)29)14-33-31-16(2)30-32-33/h17-23,34H,4-15H2,1-3H3/t17-,18+,19-,20-,21+,22-,23+,24+,25-/m1/s1. The predicted molar refractivity (Wildman–Crippen MR) is 124 cm³/mol. The number of rotatable bonds is 6. The van der Waals surface area contributed by atoms with E-state index < -0.39 is 23.6 Å². The topological polar surface area (TPSA) is 73.1 Å². The lowest BCUT2D eigenvalue weighted by molar-refractivity contribution is -0.210. The van der Waals surface area contributed by atoms with Crippen LogP contribution in [-0.2, 0) is 11.3 Å². The minimum atomic E-state index is -4.28. The third kappa shape index (κ3) is 4.64. The summed E-state index contributed by atoms with van der Waals surface area (Å²) in [6.45, 7) is 6.56. The number of alkyl halides is 3. The van der Waals surface area contributed by atoms with Gasteiger partial charge < -0.3 is 9.84 Å². The molecule has 1 heterocycles. The Morgan fingerprint density at radius 1 is 1.09 bits per heavy atom. The quantitative estimate of drug-likeness (QED) is 0.584. The molecular weight excluding hydrogens is 457 g/mol. The molecule has 9 atom stereocenters. The molecule has 5 rings (SSSR count). The van der Waals surface area contributed by atoms with Crippen molar-refractivity contribution in [3.63, 3.8) is 0 Å². The monoisotopic (exact) mass is 498 g/mol. The van der Waals surface area contributed by atoms with Gasteiger partial charge in [0, 0.05) is 6.61 Å². The van der Waals surface area contributed by atoms with Gasteiger partial charge in [0.15, 0.2) is 5.82 Å². The molecule has 4 aliphatic rings. The normalized spacial score (nSPS) is 42.3. The molecule has 4 fully saturated rings. The van der Waals surface area contributed by atoms with Crippen LogP contribution in [0.3, 0.4) is 0 Å². The van der Waals surface area contributed by atoms with Crippen LogP contribution in [0.25, 0.3) is 0 Å². The third-order valence-electron chi connectivity index (χ3n) is 10.6. The Hall–Kier alpha value is -1.22. The van der Waals surface area contributed by atoms with Gasteiger partial charge in [-0.1, -0.05) is 6.92 Å². The fourth-order valence-electron chi connectivity index (χ4n) is 9.12. The van der Waals surface area contributed by atoms with Crippen molar-refractivity contribution in [3.8, 4) is 0 Å². The average molecular weight is 499 g/mol. The summed E-state index contributed by atoms with van der Waals surface area (Å²) in [4.78, 5) is 1.15. The van der Waals surface area contributed by atoms with E-state index in [1.54, 1.807) is 6.92 Å². The molecule has 0 spiro atoms. The van der Waals surface area contributed by atoms with Gasteiger partial charge in [-0.25, -0.2) is 0 Å². The lowest BCUT2D eigenvalue weighted by Gasteiger charge is -2.57. The Bertz CT molecular complexity index is 894. The molecule has 0 saturated heterocycles. The summed E-state index contributed by atoms with van der Waals surface area (Å²) in [5, 5.41) is 22.8. The number of fused-ring (bicyclic) bond motifs is 5. The van der Waals surface area contributed by atoms with E-state index >= 15 is 0 Å². The largest absolute Gasteiger partial charge is 0.393 e. The van der Waals surface area contributed by atoms with Crippen molar-refractivity contribution >= 4 is 0 Å². The van der Waals surface area contributed by atoms with E-state index in [0.717, 1.165) is 56.2 Å². The first-order valence-electron chi connectivity index (χ1n) is 13.7. The summed E-state index contributed by atoms with van der Waals surface area (Å²) in [7, 11) is 0. The molecule has 0 aliphatic heterocycles. The van der Waals surface area contributed by atoms with Gasteiger partial charge in [0.1, 0.15) is 0 Å². The molecule has 4 aliphatic carbocycles. The number of ether oxygens (including phenoxy) is 1. The lowest BCUT2D eigenvalue weighted by atomic mass is 9.48. The van der Waals surface area contributed by atoms with Crippen LogP contribution in [0.1, 0.15) is 77.5 Å². The van der Waals surface area contributed by atoms with Gasteiger partial charge in [0.2, 0.25) is 0 Å². The molecule has 9 heteroatoms. The van der Waals surface area contributed by atoms with Gasteiger partial charge in [-0.15, -0.1) is 10.2 Å². The highest BCUT2D eigenvalue weighted by Gasteiger charge is 2.62. The molecule has 1 N–H and O–H groups in total. The Morgan fingerprint density at radius 3 is 2.54 bits per heavy atom. The maximum Gasteiger partial charge on any atom is 0.393 e.